The number of amides is 1. The molecule has 1 aromatic carbocycles. The monoisotopic (exact) mass is 428 g/mol. The Morgan fingerprint density at radius 3 is 2.53 bits per heavy atom. The van der Waals surface area contributed by atoms with Crippen molar-refractivity contribution in [1.82, 2.24) is 14.9 Å². The second-order valence-electron chi connectivity index (χ2n) is 8.09. The van der Waals surface area contributed by atoms with Crippen LogP contribution in [-0.2, 0) is 17.8 Å². The fourth-order valence-corrected chi connectivity index (χ4v) is 4.28. The lowest BCUT2D eigenvalue weighted by Crippen LogP contribution is -2.39. The standard InChI is InChI=1S/C23H29ClN4O2/c1-2-17-14-25-23(26-15-17)27-11-8-19(9-12-27)30-21-7-6-18(13-20(21)24)16-28-10-4-3-5-22(28)29/h6-7,13-15,19H,2-5,8-12,16H2,1H3. The maximum Gasteiger partial charge on any atom is 0.225 e. The third-order valence-corrected chi connectivity index (χ3v) is 6.20. The van der Waals surface area contributed by atoms with Crippen LogP contribution in [0.4, 0.5) is 5.95 Å². The van der Waals surface area contributed by atoms with Gasteiger partial charge in [-0.2, -0.15) is 0 Å². The lowest BCUT2D eigenvalue weighted by Gasteiger charge is -2.32. The summed E-state index contributed by atoms with van der Waals surface area (Å²) in [4.78, 5) is 25.1. The molecule has 4 rings (SSSR count). The molecule has 0 spiro atoms. The zero-order valence-corrected chi connectivity index (χ0v) is 18.3. The van der Waals surface area contributed by atoms with Crippen molar-refractivity contribution in [3.05, 3.63) is 46.7 Å². The van der Waals surface area contributed by atoms with Gasteiger partial charge in [0.2, 0.25) is 11.9 Å². The first kappa shape index (κ1) is 20.9. The van der Waals surface area contributed by atoms with Gasteiger partial charge in [0.05, 0.1) is 5.02 Å². The van der Waals surface area contributed by atoms with Crippen LogP contribution in [0.25, 0.3) is 0 Å². The number of carbonyl (C=O) groups excluding carboxylic acids is 1. The van der Waals surface area contributed by atoms with E-state index in [2.05, 4.69) is 21.8 Å². The van der Waals surface area contributed by atoms with Crippen LogP contribution in [0.15, 0.2) is 30.6 Å². The van der Waals surface area contributed by atoms with Crippen molar-refractivity contribution in [2.24, 2.45) is 0 Å². The Morgan fingerprint density at radius 2 is 1.87 bits per heavy atom. The molecule has 2 fully saturated rings. The number of anilines is 1. The van der Waals surface area contributed by atoms with Crippen molar-refractivity contribution in [2.45, 2.75) is 58.1 Å². The number of likely N-dealkylation sites (tertiary alicyclic amines) is 1. The molecule has 160 valence electrons. The molecule has 0 saturated carbocycles. The Kier molecular flexibility index (Phi) is 6.72. The van der Waals surface area contributed by atoms with Gasteiger partial charge in [-0.15, -0.1) is 0 Å². The number of rotatable bonds is 6. The van der Waals surface area contributed by atoms with Crippen molar-refractivity contribution >= 4 is 23.5 Å². The summed E-state index contributed by atoms with van der Waals surface area (Å²) in [6.07, 6.45) is 9.42. The maximum absolute atomic E-state index is 12.0. The van der Waals surface area contributed by atoms with Gasteiger partial charge in [-0.05, 0) is 42.5 Å². The summed E-state index contributed by atoms with van der Waals surface area (Å²) in [5, 5.41) is 0.609. The zero-order chi connectivity index (χ0) is 20.9. The Morgan fingerprint density at radius 1 is 1.10 bits per heavy atom. The van der Waals surface area contributed by atoms with Gasteiger partial charge in [-0.25, -0.2) is 9.97 Å². The number of benzene rings is 1. The first-order valence-electron chi connectivity index (χ1n) is 10.9. The van der Waals surface area contributed by atoms with E-state index in [9.17, 15) is 4.79 Å². The van der Waals surface area contributed by atoms with E-state index in [-0.39, 0.29) is 12.0 Å². The minimum absolute atomic E-state index is 0.128. The van der Waals surface area contributed by atoms with Crippen molar-refractivity contribution in [3.63, 3.8) is 0 Å². The van der Waals surface area contributed by atoms with Crippen molar-refractivity contribution in [2.75, 3.05) is 24.5 Å². The van der Waals surface area contributed by atoms with E-state index in [0.29, 0.717) is 23.7 Å². The first-order valence-corrected chi connectivity index (χ1v) is 11.3. The number of halogens is 1. The van der Waals surface area contributed by atoms with Crippen LogP contribution in [0.2, 0.25) is 5.02 Å². The van der Waals surface area contributed by atoms with Crippen LogP contribution in [0.1, 0.15) is 50.2 Å². The Hall–Kier alpha value is -2.34. The van der Waals surface area contributed by atoms with Crippen LogP contribution in [0.3, 0.4) is 0 Å². The highest BCUT2D eigenvalue weighted by molar-refractivity contribution is 6.32. The van der Waals surface area contributed by atoms with E-state index in [1.807, 2.05) is 35.5 Å². The van der Waals surface area contributed by atoms with Crippen LogP contribution < -0.4 is 9.64 Å². The minimum atomic E-state index is 0.128. The number of hydrogen-bond acceptors (Lipinski definition) is 5. The summed E-state index contributed by atoms with van der Waals surface area (Å²) in [6.45, 7) is 5.28. The molecule has 0 atom stereocenters. The smallest absolute Gasteiger partial charge is 0.225 e. The third kappa shape index (κ3) is 5.04. The van der Waals surface area contributed by atoms with Gasteiger partial charge in [-0.1, -0.05) is 24.6 Å². The van der Waals surface area contributed by atoms with Crippen LogP contribution in [-0.4, -0.2) is 46.5 Å². The molecule has 2 saturated heterocycles. The average Bonchev–Trinajstić information content (AvgIpc) is 2.78. The van der Waals surface area contributed by atoms with E-state index in [0.717, 1.165) is 68.8 Å². The molecule has 7 heteroatoms. The molecule has 3 heterocycles. The van der Waals surface area contributed by atoms with E-state index in [1.165, 1.54) is 0 Å². The summed E-state index contributed by atoms with van der Waals surface area (Å²) in [5.41, 5.74) is 2.20. The number of aryl methyl sites for hydroxylation is 1. The van der Waals surface area contributed by atoms with Gasteiger partial charge >= 0.3 is 0 Å². The molecule has 6 nitrogen and oxygen atoms in total. The van der Waals surface area contributed by atoms with Crippen molar-refractivity contribution < 1.29 is 9.53 Å². The molecule has 0 N–H and O–H groups in total. The van der Waals surface area contributed by atoms with E-state index in [4.69, 9.17) is 16.3 Å². The highest BCUT2D eigenvalue weighted by Gasteiger charge is 2.23. The zero-order valence-electron chi connectivity index (χ0n) is 17.5. The molecule has 0 aliphatic carbocycles. The number of piperidine rings is 2. The number of ether oxygens (including phenoxy) is 1. The fourth-order valence-electron chi connectivity index (χ4n) is 4.03. The lowest BCUT2D eigenvalue weighted by atomic mass is 10.1. The lowest BCUT2D eigenvalue weighted by molar-refractivity contribution is -0.133. The van der Waals surface area contributed by atoms with Crippen molar-refractivity contribution in [3.8, 4) is 5.75 Å². The molecule has 0 bridgehead atoms. The second kappa shape index (κ2) is 9.65. The predicted molar refractivity (Wildman–Crippen MR) is 118 cm³/mol. The highest BCUT2D eigenvalue weighted by atomic mass is 35.5. The SMILES string of the molecule is CCc1cnc(N2CCC(Oc3ccc(CN4CCCCC4=O)cc3Cl)CC2)nc1. The quantitative estimate of drug-likeness (QED) is 0.688. The summed E-state index contributed by atoms with van der Waals surface area (Å²) in [6, 6.07) is 5.88. The largest absolute Gasteiger partial charge is 0.489 e. The van der Waals surface area contributed by atoms with E-state index >= 15 is 0 Å². The summed E-state index contributed by atoms with van der Waals surface area (Å²) in [5.74, 6) is 1.74. The highest BCUT2D eigenvalue weighted by Crippen LogP contribution is 2.29. The Bertz CT molecular complexity index is 866. The van der Waals surface area contributed by atoms with Crippen LogP contribution in [0.5, 0.6) is 5.75 Å². The summed E-state index contributed by atoms with van der Waals surface area (Å²) >= 11 is 6.50. The van der Waals surface area contributed by atoms with E-state index in [1.54, 1.807) is 0 Å². The van der Waals surface area contributed by atoms with Crippen LogP contribution in [0, 0.1) is 0 Å². The van der Waals surface area contributed by atoms with Gasteiger partial charge in [0.1, 0.15) is 11.9 Å². The first-order chi connectivity index (χ1) is 14.6. The van der Waals surface area contributed by atoms with Gasteiger partial charge in [0, 0.05) is 57.8 Å². The number of aromatic nitrogens is 2. The molecule has 1 aromatic heterocycles. The molecular formula is C23H29ClN4O2. The average molecular weight is 429 g/mol. The molecule has 0 unspecified atom stereocenters. The molecular weight excluding hydrogens is 400 g/mol. The second-order valence-corrected chi connectivity index (χ2v) is 8.49. The Balaban J connectivity index is 1.30. The fraction of sp³-hybridized carbons (Fsp3) is 0.522. The van der Waals surface area contributed by atoms with Gasteiger partial charge in [0.15, 0.2) is 0 Å². The molecule has 2 aromatic rings. The maximum atomic E-state index is 12.0. The van der Waals surface area contributed by atoms with Crippen LogP contribution >= 0.6 is 11.6 Å². The summed E-state index contributed by atoms with van der Waals surface area (Å²) < 4.78 is 6.19. The Labute approximate surface area is 183 Å². The summed E-state index contributed by atoms with van der Waals surface area (Å²) in [7, 11) is 0. The topological polar surface area (TPSA) is 58.6 Å². The molecule has 0 radical (unpaired) electrons. The number of nitrogens with zero attached hydrogens (tertiary/aromatic N) is 4. The van der Waals surface area contributed by atoms with Gasteiger partial charge < -0.3 is 14.5 Å². The van der Waals surface area contributed by atoms with Gasteiger partial charge in [-0.3, -0.25) is 4.79 Å². The third-order valence-electron chi connectivity index (χ3n) is 5.91. The molecule has 2 aliphatic heterocycles. The molecule has 30 heavy (non-hydrogen) atoms. The number of hydrogen-bond donors (Lipinski definition) is 0. The minimum Gasteiger partial charge on any atom is -0.489 e. The molecule has 2 aliphatic rings. The van der Waals surface area contributed by atoms with Crippen molar-refractivity contribution in [1.29, 1.82) is 0 Å². The molecule has 1 amide bonds. The normalized spacial score (nSPS) is 18.0. The number of carbonyl (C=O) groups is 1. The predicted octanol–water partition coefficient (Wildman–Crippen LogP) is 4.25. The van der Waals surface area contributed by atoms with Gasteiger partial charge in [0.25, 0.3) is 0 Å². The van der Waals surface area contributed by atoms with E-state index < -0.39 is 0 Å².